The molecule has 1 aromatic carbocycles. The molecule has 0 radical (unpaired) electrons. The molecule has 2 aromatic rings. The lowest BCUT2D eigenvalue weighted by atomic mass is 9.95. The minimum atomic E-state index is -0.0986. The molecule has 2 N–H and O–H groups in total. The number of rotatable bonds is 5. The zero-order chi connectivity index (χ0) is 16.2. The van der Waals surface area contributed by atoms with Gasteiger partial charge in [-0.05, 0) is 23.1 Å². The summed E-state index contributed by atoms with van der Waals surface area (Å²) in [6, 6.07) is 13.4. The molecule has 126 valence electrons. The Labute approximate surface area is 144 Å². The lowest BCUT2D eigenvalue weighted by Gasteiger charge is -2.29. The first kappa shape index (κ1) is 19.3. The van der Waals surface area contributed by atoms with Crippen LogP contribution in [0.25, 0.3) is 0 Å². The molecule has 0 bridgehead atoms. The second kappa shape index (κ2) is 8.18. The molecule has 1 heterocycles. The van der Waals surface area contributed by atoms with Crippen molar-refractivity contribution in [1.82, 2.24) is 4.90 Å². The molecule has 2 rings (SSSR count). The first-order chi connectivity index (χ1) is 10.4. The number of carbonyl (C=O) groups excluding carboxylic acids is 1. The van der Waals surface area contributed by atoms with Crippen LogP contribution in [0.4, 0.5) is 0 Å². The molecule has 0 aliphatic heterocycles. The molecule has 0 saturated heterocycles. The highest BCUT2D eigenvalue weighted by Gasteiger charge is 2.24. The second-order valence-electron chi connectivity index (χ2n) is 6.68. The number of nitrogens with two attached hydrogens (primary N) is 1. The second-order valence-corrected chi connectivity index (χ2v) is 6.68. The van der Waals surface area contributed by atoms with E-state index in [0.717, 1.165) is 5.56 Å². The Kier molecular flexibility index (Phi) is 6.85. The molecule has 0 fully saturated rings. The standard InChI is InChI=1S/C18H24N2O2.ClH/c1-18(2,3)13-20(12-14-7-5-4-6-8-14)17(21)16-10-9-15(11-19)22-16;/h4-10H,11-13,19H2,1-3H3;1H. The zero-order valence-corrected chi connectivity index (χ0v) is 14.7. The summed E-state index contributed by atoms with van der Waals surface area (Å²) in [6.07, 6.45) is 0. The summed E-state index contributed by atoms with van der Waals surface area (Å²) >= 11 is 0. The maximum absolute atomic E-state index is 12.7. The highest BCUT2D eigenvalue weighted by Crippen LogP contribution is 2.20. The van der Waals surface area contributed by atoms with E-state index in [9.17, 15) is 4.79 Å². The Morgan fingerprint density at radius 3 is 2.30 bits per heavy atom. The fourth-order valence-corrected chi connectivity index (χ4v) is 2.33. The van der Waals surface area contributed by atoms with Crippen molar-refractivity contribution in [3.63, 3.8) is 0 Å². The first-order valence-corrected chi connectivity index (χ1v) is 7.51. The minimum Gasteiger partial charge on any atom is -0.455 e. The van der Waals surface area contributed by atoms with Crippen LogP contribution in [0.3, 0.4) is 0 Å². The zero-order valence-electron chi connectivity index (χ0n) is 13.9. The summed E-state index contributed by atoms with van der Waals surface area (Å²) in [6.45, 7) is 7.86. The van der Waals surface area contributed by atoms with E-state index in [4.69, 9.17) is 10.2 Å². The van der Waals surface area contributed by atoms with E-state index in [-0.39, 0.29) is 23.7 Å². The van der Waals surface area contributed by atoms with Crippen LogP contribution in [0.15, 0.2) is 46.9 Å². The van der Waals surface area contributed by atoms with Gasteiger partial charge in [-0.25, -0.2) is 0 Å². The van der Waals surface area contributed by atoms with Crippen LogP contribution in [-0.2, 0) is 13.1 Å². The normalized spacial score (nSPS) is 11.0. The fourth-order valence-electron chi connectivity index (χ4n) is 2.33. The molecule has 0 aliphatic rings. The molecular weight excluding hydrogens is 312 g/mol. The predicted octanol–water partition coefficient (Wildman–Crippen LogP) is 3.85. The number of hydrogen-bond donors (Lipinski definition) is 1. The van der Waals surface area contributed by atoms with Crippen molar-refractivity contribution in [3.05, 3.63) is 59.5 Å². The molecule has 0 unspecified atom stereocenters. The van der Waals surface area contributed by atoms with Gasteiger partial charge in [0, 0.05) is 13.1 Å². The molecule has 0 saturated carbocycles. The largest absolute Gasteiger partial charge is 0.455 e. The lowest BCUT2D eigenvalue weighted by Crippen LogP contribution is -2.37. The van der Waals surface area contributed by atoms with Crippen molar-refractivity contribution >= 4 is 18.3 Å². The van der Waals surface area contributed by atoms with Crippen LogP contribution in [-0.4, -0.2) is 17.4 Å². The summed E-state index contributed by atoms with van der Waals surface area (Å²) in [5.41, 5.74) is 6.66. The van der Waals surface area contributed by atoms with E-state index in [2.05, 4.69) is 20.8 Å². The van der Waals surface area contributed by atoms with Crippen molar-refractivity contribution in [1.29, 1.82) is 0 Å². The lowest BCUT2D eigenvalue weighted by molar-refractivity contribution is 0.0646. The Hall–Kier alpha value is -1.78. The molecule has 1 amide bonds. The van der Waals surface area contributed by atoms with Crippen LogP contribution < -0.4 is 5.73 Å². The van der Waals surface area contributed by atoms with Crippen molar-refractivity contribution in [3.8, 4) is 0 Å². The number of furan rings is 1. The van der Waals surface area contributed by atoms with Gasteiger partial charge in [-0.3, -0.25) is 4.79 Å². The van der Waals surface area contributed by atoms with Gasteiger partial charge in [0.2, 0.25) is 0 Å². The Morgan fingerprint density at radius 1 is 1.13 bits per heavy atom. The number of carbonyl (C=O) groups is 1. The third kappa shape index (κ3) is 5.73. The van der Waals surface area contributed by atoms with Gasteiger partial charge in [-0.15, -0.1) is 12.4 Å². The predicted molar refractivity (Wildman–Crippen MR) is 94.5 cm³/mol. The van der Waals surface area contributed by atoms with Crippen LogP contribution in [0.5, 0.6) is 0 Å². The first-order valence-electron chi connectivity index (χ1n) is 7.51. The molecular formula is C18H25ClN2O2. The van der Waals surface area contributed by atoms with E-state index >= 15 is 0 Å². The summed E-state index contributed by atoms with van der Waals surface area (Å²) < 4.78 is 5.51. The molecule has 0 spiro atoms. The van der Waals surface area contributed by atoms with Gasteiger partial charge in [0.25, 0.3) is 5.91 Å². The third-order valence-electron chi connectivity index (χ3n) is 3.24. The van der Waals surface area contributed by atoms with E-state index < -0.39 is 0 Å². The van der Waals surface area contributed by atoms with Gasteiger partial charge in [-0.1, -0.05) is 51.1 Å². The number of benzene rings is 1. The van der Waals surface area contributed by atoms with Gasteiger partial charge in [-0.2, -0.15) is 0 Å². The molecule has 1 aromatic heterocycles. The van der Waals surface area contributed by atoms with Crippen LogP contribution in [0, 0.1) is 5.41 Å². The molecule has 23 heavy (non-hydrogen) atoms. The van der Waals surface area contributed by atoms with Crippen LogP contribution in [0.1, 0.15) is 42.6 Å². The van der Waals surface area contributed by atoms with Crippen molar-refractivity contribution < 1.29 is 9.21 Å². The SMILES string of the molecule is CC(C)(C)CN(Cc1ccccc1)C(=O)c1ccc(CN)o1.Cl. The average molecular weight is 337 g/mol. The summed E-state index contributed by atoms with van der Waals surface area (Å²) in [4.78, 5) is 14.6. The molecule has 0 aliphatic carbocycles. The van der Waals surface area contributed by atoms with Gasteiger partial charge in [0.15, 0.2) is 5.76 Å². The van der Waals surface area contributed by atoms with E-state index in [1.807, 2.05) is 35.2 Å². The summed E-state index contributed by atoms with van der Waals surface area (Å²) in [7, 11) is 0. The Bertz CT molecular complexity index is 617. The van der Waals surface area contributed by atoms with Gasteiger partial charge >= 0.3 is 0 Å². The fraction of sp³-hybridized carbons (Fsp3) is 0.389. The highest BCUT2D eigenvalue weighted by molar-refractivity contribution is 5.91. The highest BCUT2D eigenvalue weighted by atomic mass is 35.5. The number of nitrogens with zero attached hydrogens (tertiary/aromatic N) is 1. The van der Waals surface area contributed by atoms with E-state index in [1.165, 1.54) is 0 Å². The van der Waals surface area contributed by atoms with E-state index in [1.54, 1.807) is 12.1 Å². The minimum absolute atomic E-state index is 0. The summed E-state index contributed by atoms with van der Waals surface area (Å²) in [5, 5.41) is 0. The quantitative estimate of drug-likeness (QED) is 0.902. The topological polar surface area (TPSA) is 59.5 Å². The van der Waals surface area contributed by atoms with Crippen LogP contribution in [0.2, 0.25) is 0 Å². The van der Waals surface area contributed by atoms with Crippen molar-refractivity contribution in [2.75, 3.05) is 6.54 Å². The third-order valence-corrected chi connectivity index (χ3v) is 3.24. The van der Waals surface area contributed by atoms with Crippen molar-refractivity contribution in [2.24, 2.45) is 11.1 Å². The molecule has 5 heteroatoms. The Balaban J connectivity index is 0.00000264. The van der Waals surface area contributed by atoms with Gasteiger partial charge < -0.3 is 15.1 Å². The number of amides is 1. The monoisotopic (exact) mass is 336 g/mol. The smallest absolute Gasteiger partial charge is 0.289 e. The maximum atomic E-state index is 12.7. The molecule has 0 atom stereocenters. The van der Waals surface area contributed by atoms with Gasteiger partial charge in [0.1, 0.15) is 5.76 Å². The maximum Gasteiger partial charge on any atom is 0.289 e. The Morgan fingerprint density at radius 2 is 1.78 bits per heavy atom. The molecule has 4 nitrogen and oxygen atoms in total. The van der Waals surface area contributed by atoms with Crippen LogP contribution >= 0.6 is 12.4 Å². The summed E-state index contributed by atoms with van der Waals surface area (Å²) in [5.74, 6) is 0.873. The van der Waals surface area contributed by atoms with Crippen molar-refractivity contribution in [2.45, 2.75) is 33.9 Å². The average Bonchev–Trinajstić information content (AvgIpc) is 2.94. The van der Waals surface area contributed by atoms with Gasteiger partial charge in [0.05, 0.1) is 6.54 Å². The van der Waals surface area contributed by atoms with E-state index in [0.29, 0.717) is 31.2 Å². The number of halogens is 1. The number of hydrogen-bond acceptors (Lipinski definition) is 3.